The van der Waals surface area contributed by atoms with Crippen LogP contribution in [0.2, 0.25) is 0 Å². The monoisotopic (exact) mass is 353 g/mol. The molecule has 0 aromatic carbocycles. The maximum Gasteiger partial charge on any atom is 0.251 e. The second kappa shape index (κ2) is 6.00. The molecule has 2 N–H and O–H groups in total. The minimum absolute atomic E-state index is 0.0345. The molecule has 1 aliphatic rings. The van der Waals surface area contributed by atoms with Crippen LogP contribution < -0.4 is 4.72 Å². The van der Waals surface area contributed by atoms with E-state index in [2.05, 4.69) is 20.7 Å². The molecule has 1 aromatic rings. The zero-order chi connectivity index (χ0) is 13.2. The van der Waals surface area contributed by atoms with Gasteiger partial charge in [0.05, 0.1) is 0 Å². The molecular formula is C11H16BrNO3S2. The van der Waals surface area contributed by atoms with Crippen LogP contribution in [0.4, 0.5) is 0 Å². The highest BCUT2D eigenvalue weighted by molar-refractivity contribution is 9.10. The molecule has 0 radical (unpaired) electrons. The van der Waals surface area contributed by atoms with Gasteiger partial charge in [-0.1, -0.05) is 12.8 Å². The minimum atomic E-state index is -3.48. The Morgan fingerprint density at radius 2 is 2.17 bits per heavy atom. The summed E-state index contributed by atoms with van der Waals surface area (Å²) in [4.78, 5) is 0. The normalized spacial score (nSPS) is 25.2. The van der Waals surface area contributed by atoms with Gasteiger partial charge < -0.3 is 5.11 Å². The van der Waals surface area contributed by atoms with Gasteiger partial charge >= 0.3 is 0 Å². The van der Waals surface area contributed by atoms with Gasteiger partial charge in [0, 0.05) is 17.1 Å². The van der Waals surface area contributed by atoms with Crippen molar-refractivity contribution in [3.05, 3.63) is 15.9 Å². The van der Waals surface area contributed by atoms with Crippen LogP contribution in [0.15, 0.2) is 20.1 Å². The van der Waals surface area contributed by atoms with Gasteiger partial charge in [0.2, 0.25) is 0 Å². The van der Waals surface area contributed by atoms with Crippen molar-refractivity contribution in [3.63, 3.8) is 0 Å². The fourth-order valence-corrected chi connectivity index (χ4v) is 6.00. The van der Waals surface area contributed by atoms with E-state index in [1.807, 2.05) is 0 Å². The van der Waals surface area contributed by atoms with Crippen molar-refractivity contribution in [1.82, 2.24) is 4.72 Å². The van der Waals surface area contributed by atoms with Crippen LogP contribution in [0.25, 0.3) is 0 Å². The Bertz CT molecular complexity index is 500. The van der Waals surface area contributed by atoms with Gasteiger partial charge in [-0.15, -0.1) is 11.3 Å². The van der Waals surface area contributed by atoms with E-state index in [4.69, 9.17) is 0 Å². The van der Waals surface area contributed by atoms with E-state index in [0.29, 0.717) is 8.68 Å². The van der Waals surface area contributed by atoms with Crippen molar-refractivity contribution < 1.29 is 13.5 Å². The van der Waals surface area contributed by atoms with Crippen LogP contribution in [0, 0.1) is 5.92 Å². The van der Waals surface area contributed by atoms with E-state index in [0.717, 1.165) is 25.7 Å². The van der Waals surface area contributed by atoms with E-state index < -0.39 is 10.0 Å². The molecule has 1 aromatic heterocycles. The first-order chi connectivity index (χ1) is 8.54. The van der Waals surface area contributed by atoms with Crippen molar-refractivity contribution in [2.75, 3.05) is 6.61 Å². The summed E-state index contributed by atoms with van der Waals surface area (Å²) in [6.45, 7) is 0.0405. The number of hydrogen-bond donors (Lipinski definition) is 2. The van der Waals surface area contributed by atoms with Crippen LogP contribution in [-0.2, 0) is 10.0 Å². The molecule has 0 saturated heterocycles. The van der Waals surface area contributed by atoms with Crippen LogP contribution in [0.5, 0.6) is 0 Å². The molecule has 0 amide bonds. The van der Waals surface area contributed by atoms with Gasteiger partial charge in [-0.2, -0.15) is 0 Å². The average molecular weight is 354 g/mol. The smallest absolute Gasteiger partial charge is 0.251 e. The average Bonchev–Trinajstić information content (AvgIpc) is 2.76. The highest BCUT2D eigenvalue weighted by Crippen LogP contribution is 2.30. The first-order valence-corrected chi connectivity index (χ1v) is 9.06. The summed E-state index contributed by atoms with van der Waals surface area (Å²) in [5.41, 5.74) is 0. The standard InChI is InChI=1S/C11H16BrNO3S2/c12-9-5-6-17-11(9)18(15,16)13-10-4-2-1-3-8(10)7-14/h5-6,8,10,13-14H,1-4,7H2. The number of halogens is 1. The van der Waals surface area contributed by atoms with Crippen LogP contribution in [-0.4, -0.2) is 26.2 Å². The van der Waals surface area contributed by atoms with Crippen LogP contribution >= 0.6 is 27.3 Å². The van der Waals surface area contributed by atoms with Crippen molar-refractivity contribution in [2.24, 2.45) is 5.92 Å². The summed E-state index contributed by atoms with van der Waals surface area (Å²) in [6, 6.07) is 1.58. The second-order valence-corrected chi connectivity index (χ2v) is 8.19. The van der Waals surface area contributed by atoms with Gasteiger partial charge in [0.15, 0.2) is 0 Å². The zero-order valence-electron chi connectivity index (χ0n) is 9.80. The molecule has 18 heavy (non-hydrogen) atoms. The fourth-order valence-electron chi connectivity index (χ4n) is 2.31. The number of thiophene rings is 1. The van der Waals surface area contributed by atoms with E-state index in [9.17, 15) is 13.5 Å². The third-order valence-electron chi connectivity index (χ3n) is 3.28. The lowest BCUT2D eigenvalue weighted by atomic mass is 9.86. The van der Waals surface area contributed by atoms with Gasteiger partial charge in [-0.05, 0) is 46.1 Å². The summed E-state index contributed by atoms with van der Waals surface area (Å²) < 4.78 is 28.1. The van der Waals surface area contributed by atoms with Gasteiger partial charge in [-0.3, -0.25) is 0 Å². The summed E-state index contributed by atoms with van der Waals surface area (Å²) in [5.74, 6) is 0.0345. The van der Waals surface area contributed by atoms with Crippen molar-refractivity contribution >= 4 is 37.3 Å². The molecule has 0 aliphatic heterocycles. The molecule has 102 valence electrons. The third-order valence-corrected chi connectivity index (χ3v) is 7.44. The number of rotatable bonds is 4. The quantitative estimate of drug-likeness (QED) is 0.872. The third kappa shape index (κ3) is 3.14. The molecule has 1 saturated carbocycles. The molecule has 2 atom stereocenters. The molecule has 2 unspecified atom stereocenters. The van der Waals surface area contributed by atoms with Crippen molar-refractivity contribution in [1.29, 1.82) is 0 Å². The predicted molar refractivity (Wildman–Crippen MR) is 75.2 cm³/mol. The molecule has 7 heteroatoms. The Morgan fingerprint density at radius 3 is 2.78 bits per heavy atom. The molecule has 1 heterocycles. The van der Waals surface area contributed by atoms with E-state index in [-0.39, 0.29) is 18.6 Å². The highest BCUT2D eigenvalue weighted by Gasteiger charge is 2.30. The molecule has 0 spiro atoms. The molecular weight excluding hydrogens is 338 g/mol. The minimum Gasteiger partial charge on any atom is -0.396 e. The largest absolute Gasteiger partial charge is 0.396 e. The Balaban J connectivity index is 2.15. The van der Waals surface area contributed by atoms with E-state index in [1.165, 1.54) is 11.3 Å². The molecule has 1 fully saturated rings. The molecule has 4 nitrogen and oxygen atoms in total. The lowest BCUT2D eigenvalue weighted by Crippen LogP contribution is -2.43. The Morgan fingerprint density at radius 1 is 1.44 bits per heavy atom. The Labute approximate surface area is 120 Å². The first-order valence-electron chi connectivity index (χ1n) is 5.91. The highest BCUT2D eigenvalue weighted by atomic mass is 79.9. The molecule has 2 rings (SSSR count). The zero-order valence-corrected chi connectivity index (χ0v) is 13.0. The SMILES string of the molecule is O=S(=O)(NC1CCCCC1CO)c1sccc1Br. The van der Waals surface area contributed by atoms with Crippen molar-refractivity contribution in [2.45, 2.75) is 35.9 Å². The van der Waals surface area contributed by atoms with Crippen LogP contribution in [0.1, 0.15) is 25.7 Å². The summed E-state index contributed by atoms with van der Waals surface area (Å²) in [5, 5.41) is 11.0. The first kappa shape index (κ1) is 14.5. The Hall–Kier alpha value is 0.0500. The summed E-state index contributed by atoms with van der Waals surface area (Å²) >= 11 is 4.44. The number of aliphatic hydroxyl groups excluding tert-OH is 1. The van der Waals surface area contributed by atoms with Crippen molar-refractivity contribution in [3.8, 4) is 0 Å². The van der Waals surface area contributed by atoms with Gasteiger partial charge in [-0.25, -0.2) is 13.1 Å². The fraction of sp³-hybridized carbons (Fsp3) is 0.636. The molecule has 1 aliphatic carbocycles. The maximum atomic E-state index is 12.2. The number of nitrogens with one attached hydrogen (secondary N) is 1. The number of hydrogen-bond acceptors (Lipinski definition) is 4. The predicted octanol–water partition coefficient (Wildman–Crippen LogP) is 2.34. The van der Waals surface area contributed by atoms with Gasteiger partial charge in [0.1, 0.15) is 4.21 Å². The maximum absolute atomic E-state index is 12.2. The van der Waals surface area contributed by atoms with E-state index in [1.54, 1.807) is 11.4 Å². The van der Waals surface area contributed by atoms with Gasteiger partial charge in [0.25, 0.3) is 10.0 Å². The Kier molecular flexibility index (Phi) is 4.82. The van der Waals surface area contributed by atoms with Crippen LogP contribution in [0.3, 0.4) is 0 Å². The summed E-state index contributed by atoms with van der Waals surface area (Å²) in [6.07, 6.45) is 3.75. The molecule has 0 bridgehead atoms. The summed E-state index contributed by atoms with van der Waals surface area (Å²) in [7, 11) is -3.48. The number of aliphatic hydroxyl groups is 1. The lowest BCUT2D eigenvalue weighted by molar-refractivity contribution is 0.164. The number of sulfonamides is 1. The van der Waals surface area contributed by atoms with E-state index >= 15 is 0 Å². The topological polar surface area (TPSA) is 66.4 Å². The lowest BCUT2D eigenvalue weighted by Gasteiger charge is -2.30. The second-order valence-electron chi connectivity index (χ2n) is 4.51.